The van der Waals surface area contributed by atoms with Crippen molar-refractivity contribution in [2.24, 2.45) is 5.92 Å². The minimum atomic E-state index is -3.15. The molecule has 4 rings (SSSR count). The predicted molar refractivity (Wildman–Crippen MR) is 93.5 cm³/mol. The van der Waals surface area contributed by atoms with Gasteiger partial charge in [0.05, 0.1) is 23.7 Å². The Hall–Kier alpha value is -2.00. The van der Waals surface area contributed by atoms with E-state index in [0.717, 1.165) is 25.7 Å². The van der Waals surface area contributed by atoms with Crippen LogP contribution in [0.5, 0.6) is 5.75 Å². The number of sulfonamides is 1. The van der Waals surface area contributed by atoms with Crippen molar-refractivity contribution in [2.45, 2.75) is 30.9 Å². The predicted octanol–water partition coefficient (Wildman–Crippen LogP) is 2.19. The van der Waals surface area contributed by atoms with Gasteiger partial charge in [-0.2, -0.15) is 5.10 Å². The van der Waals surface area contributed by atoms with E-state index >= 15 is 0 Å². The lowest BCUT2D eigenvalue weighted by molar-refractivity contribution is 0.179. The Kier molecular flexibility index (Phi) is 4.66. The van der Waals surface area contributed by atoms with E-state index in [4.69, 9.17) is 4.74 Å². The molecule has 0 bridgehead atoms. The lowest BCUT2D eigenvalue weighted by Gasteiger charge is -2.31. The van der Waals surface area contributed by atoms with Gasteiger partial charge in [0.1, 0.15) is 11.4 Å². The average Bonchev–Trinajstić information content (AvgIpc) is 3.37. The number of aromatic amines is 1. The largest absolute Gasteiger partial charge is 0.492 e. The van der Waals surface area contributed by atoms with E-state index in [1.807, 2.05) is 0 Å². The van der Waals surface area contributed by atoms with Gasteiger partial charge in [-0.05, 0) is 31.7 Å². The zero-order valence-corrected chi connectivity index (χ0v) is 15.1. The molecule has 0 amide bonds. The molecule has 0 radical (unpaired) electrons. The van der Waals surface area contributed by atoms with Crippen LogP contribution in [0, 0.1) is 11.7 Å². The molecule has 1 atom stereocenters. The molecule has 2 aromatic heterocycles. The molecular weight excluding hydrogens is 359 g/mol. The molecule has 9 heteroatoms. The van der Waals surface area contributed by atoms with Gasteiger partial charge in [-0.15, -0.1) is 0 Å². The van der Waals surface area contributed by atoms with Gasteiger partial charge >= 0.3 is 0 Å². The number of ether oxygens (including phenoxy) is 1. The summed E-state index contributed by atoms with van der Waals surface area (Å²) in [6.45, 7) is 1.41. The molecule has 2 aliphatic rings. The van der Waals surface area contributed by atoms with Crippen molar-refractivity contribution < 1.29 is 17.5 Å². The molecule has 26 heavy (non-hydrogen) atoms. The summed E-state index contributed by atoms with van der Waals surface area (Å²) >= 11 is 0. The summed E-state index contributed by atoms with van der Waals surface area (Å²) in [6, 6.07) is 2.94. The molecule has 1 aliphatic carbocycles. The maximum Gasteiger partial charge on any atom is 0.216 e. The lowest BCUT2D eigenvalue weighted by atomic mass is 10.0. The van der Waals surface area contributed by atoms with Crippen LogP contribution in [0.25, 0.3) is 11.4 Å². The van der Waals surface area contributed by atoms with Crippen molar-refractivity contribution in [2.75, 3.05) is 19.7 Å². The number of aromatic nitrogens is 3. The van der Waals surface area contributed by atoms with Gasteiger partial charge in [0.2, 0.25) is 10.0 Å². The fourth-order valence-corrected chi connectivity index (χ4v) is 5.23. The number of hydrogen-bond donors (Lipinski definition) is 1. The first kappa shape index (κ1) is 17.4. The molecule has 7 nitrogen and oxygen atoms in total. The third-order valence-corrected chi connectivity index (χ3v) is 7.21. The SMILES string of the molecule is O=S(=O)(C1CC1)N1CCC[C@@H](COc2cnc(-c3ccn[nH]3)c(F)c2)C1. The van der Waals surface area contributed by atoms with Gasteiger partial charge in [-0.3, -0.25) is 5.10 Å². The first-order chi connectivity index (χ1) is 12.5. The summed E-state index contributed by atoms with van der Waals surface area (Å²) in [4.78, 5) is 4.09. The maximum absolute atomic E-state index is 14.2. The first-order valence-corrected chi connectivity index (χ1v) is 10.3. The minimum absolute atomic E-state index is 0.104. The minimum Gasteiger partial charge on any atom is -0.492 e. The van der Waals surface area contributed by atoms with Crippen molar-refractivity contribution >= 4 is 10.0 Å². The smallest absolute Gasteiger partial charge is 0.216 e. The molecule has 0 spiro atoms. The van der Waals surface area contributed by atoms with Gasteiger partial charge in [0, 0.05) is 31.3 Å². The van der Waals surface area contributed by atoms with Crippen LogP contribution in [0.15, 0.2) is 24.5 Å². The van der Waals surface area contributed by atoms with Crippen LogP contribution in [0.1, 0.15) is 25.7 Å². The van der Waals surface area contributed by atoms with Crippen LogP contribution in [0.4, 0.5) is 4.39 Å². The third kappa shape index (κ3) is 3.59. The molecular formula is C17H21FN4O3S. The van der Waals surface area contributed by atoms with Gasteiger partial charge in [0.15, 0.2) is 5.82 Å². The van der Waals surface area contributed by atoms with Crippen molar-refractivity contribution in [1.29, 1.82) is 0 Å². The van der Waals surface area contributed by atoms with Gasteiger partial charge in [-0.25, -0.2) is 22.1 Å². The second kappa shape index (κ2) is 6.96. The normalized spacial score (nSPS) is 21.7. The second-order valence-electron chi connectivity index (χ2n) is 6.89. The Balaban J connectivity index is 1.37. The summed E-state index contributed by atoms with van der Waals surface area (Å²) in [6.07, 6.45) is 6.28. The van der Waals surface area contributed by atoms with Crippen LogP contribution < -0.4 is 4.74 Å². The van der Waals surface area contributed by atoms with E-state index in [1.165, 1.54) is 18.5 Å². The topological polar surface area (TPSA) is 88.2 Å². The van der Waals surface area contributed by atoms with E-state index in [0.29, 0.717) is 31.1 Å². The second-order valence-corrected chi connectivity index (χ2v) is 9.11. The van der Waals surface area contributed by atoms with Crippen LogP contribution in [-0.4, -0.2) is 52.9 Å². The number of hydrogen-bond acceptors (Lipinski definition) is 5. The summed E-state index contributed by atoms with van der Waals surface area (Å²) in [5.74, 6) is -0.0473. The Morgan fingerprint density at radius 3 is 2.88 bits per heavy atom. The molecule has 1 saturated carbocycles. The number of piperidine rings is 1. The van der Waals surface area contributed by atoms with Gasteiger partial charge in [0.25, 0.3) is 0 Å². The molecule has 1 saturated heterocycles. The van der Waals surface area contributed by atoms with Gasteiger partial charge in [-0.1, -0.05) is 0 Å². The highest BCUT2D eigenvalue weighted by Crippen LogP contribution is 2.33. The van der Waals surface area contributed by atoms with E-state index in [9.17, 15) is 12.8 Å². The Bertz CT molecular complexity index is 868. The number of pyridine rings is 1. The van der Waals surface area contributed by atoms with Gasteiger partial charge < -0.3 is 4.74 Å². The quantitative estimate of drug-likeness (QED) is 0.830. The van der Waals surface area contributed by atoms with Crippen molar-refractivity contribution in [1.82, 2.24) is 19.5 Å². The van der Waals surface area contributed by atoms with Crippen molar-refractivity contribution in [3.63, 3.8) is 0 Å². The maximum atomic E-state index is 14.2. The molecule has 1 N–H and O–H groups in total. The molecule has 0 aromatic carbocycles. The summed E-state index contributed by atoms with van der Waals surface area (Å²) < 4.78 is 46.3. The molecule has 0 unspecified atom stereocenters. The zero-order chi connectivity index (χ0) is 18.1. The zero-order valence-electron chi connectivity index (χ0n) is 14.3. The molecule has 1 aliphatic heterocycles. The Labute approximate surface area is 151 Å². The lowest BCUT2D eigenvalue weighted by Crippen LogP contribution is -2.43. The van der Waals surface area contributed by atoms with Crippen LogP contribution in [0.2, 0.25) is 0 Å². The Morgan fingerprint density at radius 2 is 2.19 bits per heavy atom. The molecule has 140 valence electrons. The molecule has 3 heterocycles. The van der Waals surface area contributed by atoms with E-state index in [1.54, 1.807) is 10.4 Å². The summed E-state index contributed by atoms with van der Waals surface area (Å²) in [5, 5.41) is 6.28. The number of nitrogens with zero attached hydrogens (tertiary/aromatic N) is 3. The average molecular weight is 380 g/mol. The van der Waals surface area contributed by atoms with Crippen LogP contribution >= 0.6 is 0 Å². The van der Waals surface area contributed by atoms with Crippen molar-refractivity contribution in [3.8, 4) is 17.1 Å². The van der Waals surface area contributed by atoms with E-state index in [-0.39, 0.29) is 16.9 Å². The standard InChI is InChI=1S/C17H21FN4O3S/c18-15-8-13(9-19-17(15)16-5-6-20-21-16)25-11-12-2-1-7-22(10-12)26(23,24)14-3-4-14/h5-6,8-9,12,14H,1-4,7,10-11H2,(H,20,21)/t12-/m1/s1. The highest BCUT2D eigenvalue weighted by atomic mass is 32.2. The highest BCUT2D eigenvalue weighted by molar-refractivity contribution is 7.90. The number of halogens is 1. The molecule has 2 aromatic rings. The highest BCUT2D eigenvalue weighted by Gasteiger charge is 2.41. The summed E-state index contributed by atoms with van der Waals surface area (Å²) in [5.41, 5.74) is 0.691. The third-order valence-electron chi connectivity index (χ3n) is 4.84. The number of rotatable bonds is 6. The monoisotopic (exact) mass is 380 g/mol. The fraction of sp³-hybridized carbons (Fsp3) is 0.529. The van der Waals surface area contributed by atoms with E-state index < -0.39 is 15.8 Å². The number of nitrogens with one attached hydrogen (secondary N) is 1. The Morgan fingerprint density at radius 1 is 1.35 bits per heavy atom. The fourth-order valence-electron chi connectivity index (χ4n) is 3.27. The summed E-state index contributed by atoms with van der Waals surface area (Å²) in [7, 11) is -3.15. The van der Waals surface area contributed by atoms with Crippen molar-refractivity contribution in [3.05, 3.63) is 30.3 Å². The number of H-pyrrole nitrogens is 1. The van der Waals surface area contributed by atoms with Crippen LogP contribution in [0.3, 0.4) is 0 Å². The van der Waals surface area contributed by atoms with E-state index in [2.05, 4.69) is 15.2 Å². The van der Waals surface area contributed by atoms with Crippen LogP contribution in [-0.2, 0) is 10.0 Å². The first-order valence-electron chi connectivity index (χ1n) is 8.81. The molecule has 2 fully saturated rings.